The summed E-state index contributed by atoms with van der Waals surface area (Å²) in [6, 6.07) is 6.34. The molecule has 1 aromatic carbocycles. The quantitative estimate of drug-likeness (QED) is 0.750. The largest absolute Gasteiger partial charge is 0.350 e. The molecule has 2 amide bonds. The maximum Gasteiger partial charge on any atom is 0.251 e. The molecule has 1 atom stereocenters. The molecule has 0 saturated carbocycles. The average molecular weight is 291 g/mol. The van der Waals surface area contributed by atoms with E-state index in [9.17, 15) is 9.59 Å². The number of hydrogen-bond donors (Lipinski definition) is 3. The molecule has 5 nitrogen and oxygen atoms in total. The Kier molecular flexibility index (Phi) is 6.37. The third kappa shape index (κ3) is 5.95. The maximum atomic E-state index is 11.9. The molecule has 5 heteroatoms. The van der Waals surface area contributed by atoms with Gasteiger partial charge in [-0.3, -0.25) is 9.59 Å². The summed E-state index contributed by atoms with van der Waals surface area (Å²) < 4.78 is 0. The molecular formula is C16H25N3O2. The van der Waals surface area contributed by atoms with Crippen molar-refractivity contribution in [1.29, 1.82) is 0 Å². The van der Waals surface area contributed by atoms with Crippen molar-refractivity contribution in [3.63, 3.8) is 0 Å². The lowest BCUT2D eigenvalue weighted by atomic mass is 10.0. The molecule has 4 N–H and O–H groups in total. The lowest BCUT2D eigenvalue weighted by molar-refractivity contribution is -0.117. The van der Waals surface area contributed by atoms with Crippen molar-refractivity contribution in [3.05, 3.63) is 29.8 Å². The molecule has 0 bridgehead atoms. The van der Waals surface area contributed by atoms with Crippen LogP contribution < -0.4 is 16.4 Å². The maximum absolute atomic E-state index is 11.9. The van der Waals surface area contributed by atoms with Crippen LogP contribution in [0.2, 0.25) is 0 Å². The first-order valence-electron chi connectivity index (χ1n) is 7.27. The van der Waals surface area contributed by atoms with Gasteiger partial charge in [-0.1, -0.05) is 13.8 Å². The van der Waals surface area contributed by atoms with Gasteiger partial charge >= 0.3 is 0 Å². The summed E-state index contributed by atoms with van der Waals surface area (Å²) in [5.41, 5.74) is 7.03. The standard InChI is InChI=1S/C16H25N3O2/c1-10(2)9-14(17)16(21)19-13-7-5-12(6-8-13)15(20)18-11(3)4/h5-8,10-11,14H,9,17H2,1-4H3,(H,18,20)(H,19,21)/t14-/m0/s1. The van der Waals surface area contributed by atoms with Gasteiger partial charge in [0.25, 0.3) is 5.91 Å². The second-order valence-electron chi connectivity index (χ2n) is 5.93. The Morgan fingerprint density at radius 2 is 1.67 bits per heavy atom. The molecule has 0 aliphatic rings. The summed E-state index contributed by atoms with van der Waals surface area (Å²) in [6.07, 6.45) is 0.640. The fourth-order valence-corrected chi connectivity index (χ4v) is 1.90. The molecule has 0 spiro atoms. The molecular weight excluding hydrogens is 266 g/mol. The minimum atomic E-state index is -0.520. The molecule has 0 radical (unpaired) electrons. The van der Waals surface area contributed by atoms with Crippen LogP contribution >= 0.6 is 0 Å². The molecule has 116 valence electrons. The van der Waals surface area contributed by atoms with Crippen LogP contribution in [0.4, 0.5) is 5.69 Å². The van der Waals surface area contributed by atoms with Crippen LogP contribution in [-0.2, 0) is 4.79 Å². The number of amides is 2. The van der Waals surface area contributed by atoms with Crippen LogP contribution in [0.3, 0.4) is 0 Å². The van der Waals surface area contributed by atoms with E-state index in [1.807, 2.05) is 27.7 Å². The van der Waals surface area contributed by atoms with Gasteiger partial charge in [0.2, 0.25) is 5.91 Å². The van der Waals surface area contributed by atoms with Crippen LogP contribution in [0.5, 0.6) is 0 Å². The van der Waals surface area contributed by atoms with Gasteiger partial charge in [-0.2, -0.15) is 0 Å². The monoisotopic (exact) mass is 291 g/mol. The Morgan fingerprint density at radius 3 is 2.14 bits per heavy atom. The zero-order chi connectivity index (χ0) is 16.0. The van der Waals surface area contributed by atoms with E-state index < -0.39 is 6.04 Å². The van der Waals surface area contributed by atoms with Gasteiger partial charge in [0.15, 0.2) is 0 Å². The number of nitrogens with two attached hydrogens (primary N) is 1. The molecule has 1 aromatic rings. The second kappa shape index (κ2) is 7.78. The zero-order valence-electron chi connectivity index (χ0n) is 13.1. The van der Waals surface area contributed by atoms with Crippen molar-refractivity contribution in [2.45, 2.75) is 46.2 Å². The molecule has 0 aliphatic carbocycles. The lowest BCUT2D eigenvalue weighted by Crippen LogP contribution is -2.36. The highest BCUT2D eigenvalue weighted by Gasteiger charge is 2.15. The molecule has 0 saturated heterocycles. The van der Waals surface area contributed by atoms with Gasteiger partial charge in [0.1, 0.15) is 0 Å². The average Bonchev–Trinajstić information content (AvgIpc) is 2.37. The number of benzene rings is 1. The SMILES string of the molecule is CC(C)C[C@H](N)C(=O)Nc1ccc(C(=O)NC(C)C)cc1. The van der Waals surface area contributed by atoms with Crippen molar-refractivity contribution in [1.82, 2.24) is 5.32 Å². The van der Waals surface area contributed by atoms with Crippen LogP contribution in [0, 0.1) is 5.92 Å². The summed E-state index contributed by atoms with van der Waals surface area (Å²) >= 11 is 0. The van der Waals surface area contributed by atoms with Crippen molar-refractivity contribution in [2.75, 3.05) is 5.32 Å². The summed E-state index contributed by atoms with van der Waals surface area (Å²) in [7, 11) is 0. The summed E-state index contributed by atoms with van der Waals surface area (Å²) in [6.45, 7) is 7.86. The normalized spacial score (nSPS) is 12.3. The highest BCUT2D eigenvalue weighted by Crippen LogP contribution is 2.11. The van der Waals surface area contributed by atoms with E-state index in [0.717, 1.165) is 0 Å². The number of nitrogens with one attached hydrogen (secondary N) is 2. The third-order valence-corrected chi connectivity index (χ3v) is 2.90. The van der Waals surface area contributed by atoms with E-state index in [1.165, 1.54) is 0 Å². The Labute approximate surface area is 126 Å². The van der Waals surface area contributed by atoms with Crippen LogP contribution in [0.25, 0.3) is 0 Å². The summed E-state index contributed by atoms with van der Waals surface area (Å²) in [5, 5.41) is 5.57. The zero-order valence-corrected chi connectivity index (χ0v) is 13.1. The van der Waals surface area contributed by atoms with Crippen molar-refractivity contribution >= 4 is 17.5 Å². The number of hydrogen-bond acceptors (Lipinski definition) is 3. The van der Waals surface area contributed by atoms with E-state index in [4.69, 9.17) is 5.73 Å². The van der Waals surface area contributed by atoms with Gasteiger partial charge < -0.3 is 16.4 Å². The number of carbonyl (C=O) groups excluding carboxylic acids is 2. The third-order valence-electron chi connectivity index (χ3n) is 2.90. The minimum Gasteiger partial charge on any atom is -0.350 e. The molecule has 1 rings (SSSR count). The van der Waals surface area contributed by atoms with E-state index >= 15 is 0 Å². The van der Waals surface area contributed by atoms with Crippen molar-refractivity contribution in [3.8, 4) is 0 Å². The van der Waals surface area contributed by atoms with E-state index in [1.54, 1.807) is 24.3 Å². The minimum absolute atomic E-state index is 0.0888. The lowest BCUT2D eigenvalue weighted by Gasteiger charge is -2.14. The van der Waals surface area contributed by atoms with E-state index in [0.29, 0.717) is 23.6 Å². The Balaban J connectivity index is 2.62. The van der Waals surface area contributed by atoms with Crippen molar-refractivity contribution < 1.29 is 9.59 Å². The predicted molar refractivity (Wildman–Crippen MR) is 85.1 cm³/mol. The summed E-state index contributed by atoms with van der Waals surface area (Å²) in [5.74, 6) is 0.0373. The van der Waals surface area contributed by atoms with Gasteiger partial charge in [0, 0.05) is 17.3 Å². The van der Waals surface area contributed by atoms with Gasteiger partial charge in [-0.25, -0.2) is 0 Å². The molecule has 0 heterocycles. The molecule has 0 aromatic heterocycles. The fourth-order valence-electron chi connectivity index (χ4n) is 1.90. The molecule has 21 heavy (non-hydrogen) atoms. The summed E-state index contributed by atoms with van der Waals surface area (Å²) in [4.78, 5) is 23.7. The van der Waals surface area contributed by atoms with Gasteiger partial charge in [-0.05, 0) is 50.5 Å². The van der Waals surface area contributed by atoms with Gasteiger partial charge in [0.05, 0.1) is 6.04 Å². The fraction of sp³-hybridized carbons (Fsp3) is 0.500. The number of carbonyl (C=O) groups is 2. The number of rotatable bonds is 6. The first-order valence-corrected chi connectivity index (χ1v) is 7.27. The second-order valence-corrected chi connectivity index (χ2v) is 5.93. The first kappa shape index (κ1) is 17.2. The predicted octanol–water partition coefficient (Wildman–Crippen LogP) is 2.14. The molecule has 0 aliphatic heterocycles. The molecule has 0 unspecified atom stereocenters. The van der Waals surface area contributed by atoms with Crippen LogP contribution in [0.1, 0.15) is 44.5 Å². The molecule has 0 fully saturated rings. The Bertz CT molecular complexity index is 481. The van der Waals surface area contributed by atoms with Gasteiger partial charge in [-0.15, -0.1) is 0 Å². The Morgan fingerprint density at radius 1 is 1.10 bits per heavy atom. The van der Waals surface area contributed by atoms with Crippen LogP contribution in [0.15, 0.2) is 24.3 Å². The first-order chi connectivity index (χ1) is 9.79. The topological polar surface area (TPSA) is 84.2 Å². The van der Waals surface area contributed by atoms with E-state index in [-0.39, 0.29) is 17.9 Å². The highest BCUT2D eigenvalue weighted by atomic mass is 16.2. The van der Waals surface area contributed by atoms with E-state index in [2.05, 4.69) is 10.6 Å². The van der Waals surface area contributed by atoms with Crippen LogP contribution in [-0.4, -0.2) is 23.9 Å². The smallest absolute Gasteiger partial charge is 0.251 e. The Hall–Kier alpha value is -1.88. The number of anilines is 1. The highest BCUT2D eigenvalue weighted by molar-refractivity contribution is 5.97. The van der Waals surface area contributed by atoms with Crippen molar-refractivity contribution in [2.24, 2.45) is 11.7 Å².